The minimum atomic E-state index is -0.588. The van der Waals surface area contributed by atoms with Crippen molar-refractivity contribution in [2.75, 3.05) is 27.2 Å². The highest BCUT2D eigenvalue weighted by Crippen LogP contribution is 2.16. The van der Waals surface area contributed by atoms with Crippen molar-refractivity contribution in [1.29, 1.82) is 0 Å². The SMILES string of the molecule is CN(C)CC(=O)N[C@H]1C=C[C@H](CC(=O)NCc2ccc(Cl)cc2)O[C@@H]1CO. The number of carbonyl (C=O) groups excluding carboxylic acids is 2. The number of carbonyl (C=O) groups is 2. The Morgan fingerprint density at radius 2 is 1.89 bits per heavy atom. The molecule has 0 aromatic heterocycles. The van der Waals surface area contributed by atoms with Crippen LogP contribution in [0.4, 0.5) is 0 Å². The van der Waals surface area contributed by atoms with E-state index in [9.17, 15) is 14.7 Å². The lowest BCUT2D eigenvalue weighted by Gasteiger charge is -2.32. The third kappa shape index (κ3) is 7.30. The Kier molecular flexibility index (Phi) is 8.24. The third-order valence-electron chi connectivity index (χ3n) is 4.04. The summed E-state index contributed by atoms with van der Waals surface area (Å²) in [5, 5.41) is 15.8. The molecule has 7 nitrogen and oxygen atoms in total. The number of benzene rings is 1. The predicted octanol–water partition coefficient (Wildman–Crippen LogP) is 0.709. The van der Waals surface area contributed by atoms with Gasteiger partial charge in [-0.05, 0) is 31.8 Å². The first-order valence-electron chi connectivity index (χ1n) is 8.77. The van der Waals surface area contributed by atoms with Gasteiger partial charge in [0.05, 0.1) is 31.7 Å². The summed E-state index contributed by atoms with van der Waals surface area (Å²) in [5.41, 5.74) is 0.949. The smallest absolute Gasteiger partial charge is 0.234 e. The average Bonchev–Trinajstić information content (AvgIpc) is 2.61. The van der Waals surface area contributed by atoms with Gasteiger partial charge in [-0.1, -0.05) is 35.9 Å². The lowest BCUT2D eigenvalue weighted by Crippen LogP contribution is -2.50. The molecule has 27 heavy (non-hydrogen) atoms. The number of rotatable bonds is 8. The Morgan fingerprint density at radius 3 is 2.52 bits per heavy atom. The Labute approximate surface area is 164 Å². The minimum absolute atomic E-state index is 0.138. The average molecular weight is 396 g/mol. The molecule has 0 radical (unpaired) electrons. The Bertz CT molecular complexity index is 663. The molecule has 148 valence electrons. The second kappa shape index (κ2) is 10.4. The van der Waals surface area contributed by atoms with E-state index in [0.29, 0.717) is 11.6 Å². The summed E-state index contributed by atoms with van der Waals surface area (Å²) < 4.78 is 5.75. The molecule has 0 saturated heterocycles. The molecular formula is C19H26ClN3O4. The standard InChI is InChI=1S/C19H26ClN3O4/c1-23(2)11-19(26)22-16-8-7-15(27-17(16)12-24)9-18(25)21-10-13-3-5-14(20)6-4-13/h3-8,15-17,24H,9-12H2,1-2H3,(H,21,25)(H,22,26)/t15-,16+,17-/m1/s1. The van der Waals surface area contributed by atoms with Gasteiger partial charge in [0, 0.05) is 11.6 Å². The van der Waals surface area contributed by atoms with Crippen molar-refractivity contribution in [1.82, 2.24) is 15.5 Å². The van der Waals surface area contributed by atoms with Crippen molar-refractivity contribution in [3.8, 4) is 0 Å². The fourth-order valence-corrected chi connectivity index (χ4v) is 2.84. The van der Waals surface area contributed by atoms with Crippen LogP contribution in [0.15, 0.2) is 36.4 Å². The third-order valence-corrected chi connectivity index (χ3v) is 4.29. The summed E-state index contributed by atoms with van der Waals surface area (Å²) in [6.45, 7) is 0.401. The topological polar surface area (TPSA) is 90.9 Å². The lowest BCUT2D eigenvalue weighted by molar-refractivity contribution is -0.128. The van der Waals surface area contributed by atoms with Crippen molar-refractivity contribution >= 4 is 23.4 Å². The van der Waals surface area contributed by atoms with Crippen LogP contribution in [0, 0.1) is 0 Å². The molecule has 1 aliphatic heterocycles. The molecular weight excluding hydrogens is 370 g/mol. The van der Waals surface area contributed by atoms with Gasteiger partial charge < -0.3 is 25.4 Å². The number of halogens is 1. The highest BCUT2D eigenvalue weighted by atomic mass is 35.5. The Balaban J connectivity index is 1.83. The van der Waals surface area contributed by atoms with Crippen LogP contribution in [0.2, 0.25) is 5.02 Å². The van der Waals surface area contributed by atoms with Crippen LogP contribution in [0.5, 0.6) is 0 Å². The lowest BCUT2D eigenvalue weighted by atomic mass is 10.0. The molecule has 0 fully saturated rings. The van der Waals surface area contributed by atoms with E-state index in [0.717, 1.165) is 5.56 Å². The minimum Gasteiger partial charge on any atom is -0.394 e. The van der Waals surface area contributed by atoms with E-state index < -0.39 is 18.2 Å². The summed E-state index contributed by atoms with van der Waals surface area (Å²) in [7, 11) is 3.60. The largest absolute Gasteiger partial charge is 0.394 e. The molecule has 0 aliphatic carbocycles. The maximum atomic E-state index is 12.1. The van der Waals surface area contributed by atoms with Crippen LogP contribution < -0.4 is 10.6 Å². The Hall–Kier alpha value is -1.93. The van der Waals surface area contributed by atoms with Gasteiger partial charge in [-0.25, -0.2) is 0 Å². The Morgan fingerprint density at radius 1 is 1.19 bits per heavy atom. The predicted molar refractivity (Wildman–Crippen MR) is 103 cm³/mol. The molecule has 0 saturated carbocycles. The molecule has 0 spiro atoms. The summed E-state index contributed by atoms with van der Waals surface area (Å²) in [6.07, 6.45) is 2.62. The zero-order chi connectivity index (χ0) is 19.8. The molecule has 2 rings (SSSR count). The van der Waals surface area contributed by atoms with Crippen molar-refractivity contribution in [3.05, 3.63) is 47.0 Å². The maximum absolute atomic E-state index is 12.1. The van der Waals surface area contributed by atoms with Gasteiger partial charge in [-0.2, -0.15) is 0 Å². The maximum Gasteiger partial charge on any atom is 0.234 e. The van der Waals surface area contributed by atoms with Gasteiger partial charge in [-0.3, -0.25) is 9.59 Å². The van der Waals surface area contributed by atoms with Crippen molar-refractivity contribution in [3.63, 3.8) is 0 Å². The molecule has 1 heterocycles. The van der Waals surface area contributed by atoms with Gasteiger partial charge in [0.2, 0.25) is 11.8 Å². The van der Waals surface area contributed by atoms with Crippen molar-refractivity contribution in [2.45, 2.75) is 31.2 Å². The first-order chi connectivity index (χ1) is 12.9. The van der Waals surface area contributed by atoms with Gasteiger partial charge in [-0.15, -0.1) is 0 Å². The summed E-state index contributed by atoms with van der Waals surface area (Å²) in [6, 6.07) is 6.82. The number of aliphatic hydroxyl groups excluding tert-OH is 1. The number of nitrogens with zero attached hydrogens (tertiary/aromatic N) is 1. The fraction of sp³-hybridized carbons (Fsp3) is 0.474. The summed E-state index contributed by atoms with van der Waals surface area (Å²) in [4.78, 5) is 25.8. The normalized spacial score (nSPS) is 21.9. The first-order valence-corrected chi connectivity index (χ1v) is 9.15. The fourth-order valence-electron chi connectivity index (χ4n) is 2.71. The van der Waals surface area contributed by atoms with E-state index in [2.05, 4.69) is 10.6 Å². The van der Waals surface area contributed by atoms with Crippen LogP contribution in [-0.4, -0.2) is 67.3 Å². The molecule has 1 aliphatic rings. The number of ether oxygens (including phenoxy) is 1. The van der Waals surface area contributed by atoms with Crippen LogP contribution in [0.1, 0.15) is 12.0 Å². The zero-order valence-corrected chi connectivity index (χ0v) is 16.3. The van der Waals surface area contributed by atoms with E-state index in [4.69, 9.17) is 16.3 Å². The molecule has 0 bridgehead atoms. The van der Waals surface area contributed by atoms with E-state index in [1.54, 1.807) is 43.3 Å². The molecule has 3 atom stereocenters. The van der Waals surface area contributed by atoms with E-state index in [1.807, 2.05) is 12.1 Å². The van der Waals surface area contributed by atoms with Crippen molar-refractivity contribution < 1.29 is 19.4 Å². The molecule has 3 N–H and O–H groups in total. The monoisotopic (exact) mass is 395 g/mol. The second-order valence-electron chi connectivity index (χ2n) is 6.72. The molecule has 1 aromatic rings. The van der Waals surface area contributed by atoms with E-state index in [1.165, 1.54) is 0 Å². The van der Waals surface area contributed by atoms with Crippen LogP contribution in [0.3, 0.4) is 0 Å². The molecule has 8 heteroatoms. The number of nitrogens with one attached hydrogen (secondary N) is 2. The van der Waals surface area contributed by atoms with E-state index >= 15 is 0 Å². The van der Waals surface area contributed by atoms with Crippen molar-refractivity contribution in [2.24, 2.45) is 0 Å². The summed E-state index contributed by atoms with van der Waals surface area (Å²) >= 11 is 5.84. The van der Waals surface area contributed by atoms with Crippen LogP contribution >= 0.6 is 11.6 Å². The zero-order valence-electron chi connectivity index (χ0n) is 15.5. The molecule has 0 unspecified atom stereocenters. The van der Waals surface area contributed by atoms with E-state index in [-0.39, 0.29) is 31.4 Å². The number of likely N-dealkylation sites (N-methyl/N-ethyl adjacent to an activating group) is 1. The highest BCUT2D eigenvalue weighted by Gasteiger charge is 2.29. The second-order valence-corrected chi connectivity index (χ2v) is 7.16. The quantitative estimate of drug-likeness (QED) is 0.564. The number of amides is 2. The van der Waals surface area contributed by atoms with Crippen LogP contribution in [0.25, 0.3) is 0 Å². The molecule has 2 amide bonds. The summed E-state index contributed by atoms with van der Waals surface area (Å²) in [5.74, 6) is -0.317. The molecule has 1 aromatic carbocycles. The number of aliphatic hydroxyl groups is 1. The van der Waals surface area contributed by atoms with Crippen LogP contribution in [-0.2, 0) is 20.9 Å². The van der Waals surface area contributed by atoms with Gasteiger partial charge in [0.15, 0.2) is 0 Å². The highest BCUT2D eigenvalue weighted by molar-refractivity contribution is 6.30. The van der Waals surface area contributed by atoms with Gasteiger partial charge in [0.1, 0.15) is 6.10 Å². The first kappa shape index (κ1) is 21.4. The number of hydrogen-bond acceptors (Lipinski definition) is 5. The number of hydrogen-bond donors (Lipinski definition) is 3. The van der Waals surface area contributed by atoms with Gasteiger partial charge in [0.25, 0.3) is 0 Å². The van der Waals surface area contributed by atoms with Gasteiger partial charge >= 0.3 is 0 Å².